The van der Waals surface area contributed by atoms with E-state index in [1.165, 1.54) is 29.2 Å². The SMILES string of the molecule is O=C(CSc1cccc(NC(=O)/C(=C\c2ccc(Cl)cc2Cl)NC(=O)c2ccccc2)c1)Nc1nc(-c2ccc(Br)cc2)cs1. The summed E-state index contributed by atoms with van der Waals surface area (Å²) in [6.07, 6.45) is 1.48. The van der Waals surface area contributed by atoms with Crippen molar-refractivity contribution in [3.63, 3.8) is 0 Å². The average molecular weight is 739 g/mol. The number of hydrogen-bond acceptors (Lipinski definition) is 6. The van der Waals surface area contributed by atoms with Crippen molar-refractivity contribution in [1.29, 1.82) is 0 Å². The lowest BCUT2D eigenvalue weighted by molar-refractivity contribution is -0.114. The molecule has 5 aromatic rings. The number of hydrogen-bond donors (Lipinski definition) is 3. The number of thioether (sulfide) groups is 1. The number of thiazole rings is 1. The summed E-state index contributed by atoms with van der Waals surface area (Å²) in [4.78, 5) is 44.3. The quantitative estimate of drug-likeness (QED) is 0.0982. The van der Waals surface area contributed by atoms with E-state index in [2.05, 4.69) is 36.9 Å². The highest BCUT2D eigenvalue weighted by atomic mass is 79.9. The van der Waals surface area contributed by atoms with Crippen molar-refractivity contribution in [3.8, 4) is 11.3 Å². The van der Waals surface area contributed by atoms with Crippen molar-refractivity contribution >= 4 is 96.8 Å². The monoisotopic (exact) mass is 736 g/mol. The van der Waals surface area contributed by atoms with Gasteiger partial charge in [-0.05, 0) is 66.2 Å². The van der Waals surface area contributed by atoms with Crippen LogP contribution in [-0.4, -0.2) is 28.5 Å². The van der Waals surface area contributed by atoms with Crippen molar-refractivity contribution in [1.82, 2.24) is 10.3 Å². The summed E-state index contributed by atoms with van der Waals surface area (Å²) in [5.41, 5.74) is 3.09. The zero-order valence-electron chi connectivity index (χ0n) is 23.2. The lowest BCUT2D eigenvalue weighted by atomic mass is 10.1. The van der Waals surface area contributed by atoms with Crippen LogP contribution in [0.3, 0.4) is 0 Å². The summed E-state index contributed by atoms with van der Waals surface area (Å²) < 4.78 is 0.977. The van der Waals surface area contributed by atoms with Gasteiger partial charge in [-0.15, -0.1) is 23.1 Å². The Morgan fingerprint density at radius 3 is 2.42 bits per heavy atom. The molecule has 0 saturated carbocycles. The molecule has 0 atom stereocenters. The first kappa shape index (κ1) is 32.5. The van der Waals surface area contributed by atoms with Crippen molar-refractivity contribution in [2.24, 2.45) is 0 Å². The molecule has 0 aliphatic heterocycles. The number of rotatable bonds is 10. The molecule has 0 spiro atoms. The van der Waals surface area contributed by atoms with Gasteiger partial charge in [0, 0.05) is 41.6 Å². The Bertz CT molecular complexity index is 1880. The Balaban J connectivity index is 1.24. The minimum atomic E-state index is -0.560. The van der Waals surface area contributed by atoms with E-state index in [1.54, 1.807) is 66.7 Å². The van der Waals surface area contributed by atoms with Crippen LogP contribution >= 0.6 is 62.2 Å². The predicted molar refractivity (Wildman–Crippen MR) is 188 cm³/mol. The molecule has 5 rings (SSSR count). The second kappa shape index (κ2) is 15.4. The van der Waals surface area contributed by atoms with Gasteiger partial charge in [-0.25, -0.2) is 4.98 Å². The molecule has 0 fully saturated rings. The second-order valence-corrected chi connectivity index (χ2v) is 13.1. The van der Waals surface area contributed by atoms with Crippen LogP contribution in [0.1, 0.15) is 15.9 Å². The molecule has 0 radical (unpaired) electrons. The van der Waals surface area contributed by atoms with Crippen LogP contribution in [-0.2, 0) is 9.59 Å². The average Bonchev–Trinajstić information content (AvgIpc) is 3.50. The molecular weight excluding hydrogens is 715 g/mol. The normalized spacial score (nSPS) is 11.1. The zero-order valence-corrected chi connectivity index (χ0v) is 28.0. The van der Waals surface area contributed by atoms with Crippen molar-refractivity contribution in [2.75, 3.05) is 16.4 Å². The molecule has 7 nitrogen and oxygen atoms in total. The highest BCUT2D eigenvalue weighted by molar-refractivity contribution is 9.10. The number of aromatic nitrogens is 1. The van der Waals surface area contributed by atoms with Gasteiger partial charge >= 0.3 is 0 Å². The number of amides is 3. The van der Waals surface area contributed by atoms with Crippen LogP contribution in [0, 0.1) is 0 Å². The lowest BCUT2D eigenvalue weighted by Gasteiger charge is -2.12. The molecular formula is C33H23BrCl2N4O3S2. The van der Waals surface area contributed by atoms with E-state index >= 15 is 0 Å². The Labute approximate surface area is 286 Å². The van der Waals surface area contributed by atoms with Crippen LogP contribution in [0.2, 0.25) is 10.0 Å². The first-order chi connectivity index (χ1) is 21.7. The zero-order chi connectivity index (χ0) is 31.8. The standard InChI is InChI=1S/C33H23BrCl2N4O3S2/c34-23-12-9-20(10-13-23)29-18-45-33(39-29)40-30(41)19-44-26-8-4-7-25(17-26)37-32(43)28(15-22-11-14-24(35)16-27(22)36)38-31(42)21-5-2-1-3-6-21/h1-18H,19H2,(H,37,43)(H,38,42)(H,39,40,41)/b28-15+. The van der Waals surface area contributed by atoms with E-state index in [0.717, 1.165) is 20.6 Å². The van der Waals surface area contributed by atoms with E-state index in [1.807, 2.05) is 35.7 Å². The van der Waals surface area contributed by atoms with Gasteiger partial charge in [-0.2, -0.15) is 0 Å². The Morgan fingerprint density at radius 2 is 1.67 bits per heavy atom. The maximum absolute atomic E-state index is 13.4. The predicted octanol–water partition coefficient (Wildman–Crippen LogP) is 9.02. The fourth-order valence-corrected chi connectivity index (χ4v) is 6.19. The molecule has 1 aromatic heterocycles. The third-order valence-electron chi connectivity index (χ3n) is 6.14. The molecule has 0 unspecified atom stereocenters. The van der Waals surface area contributed by atoms with Crippen LogP contribution < -0.4 is 16.0 Å². The van der Waals surface area contributed by atoms with Crippen molar-refractivity contribution in [3.05, 3.63) is 134 Å². The number of nitrogens with zero attached hydrogens (tertiary/aromatic N) is 1. The first-order valence-corrected chi connectivity index (χ1v) is 16.7. The Kier molecular flexibility index (Phi) is 11.1. The molecule has 0 bridgehead atoms. The van der Waals surface area contributed by atoms with Gasteiger partial charge in [0.1, 0.15) is 5.70 Å². The first-order valence-electron chi connectivity index (χ1n) is 13.3. The highest BCUT2D eigenvalue weighted by Gasteiger charge is 2.16. The van der Waals surface area contributed by atoms with Gasteiger partial charge in [-0.3, -0.25) is 14.4 Å². The molecule has 3 amide bonds. The molecule has 12 heteroatoms. The largest absolute Gasteiger partial charge is 0.321 e. The summed E-state index contributed by atoms with van der Waals surface area (Å²) in [5.74, 6) is -1.09. The highest BCUT2D eigenvalue weighted by Crippen LogP contribution is 2.28. The minimum Gasteiger partial charge on any atom is -0.321 e. The number of benzene rings is 4. The number of anilines is 2. The number of nitrogens with one attached hydrogen (secondary N) is 3. The number of halogens is 3. The summed E-state index contributed by atoms with van der Waals surface area (Å²) in [7, 11) is 0. The maximum Gasteiger partial charge on any atom is 0.272 e. The molecule has 226 valence electrons. The number of carbonyl (C=O) groups is 3. The van der Waals surface area contributed by atoms with Crippen molar-refractivity contribution < 1.29 is 14.4 Å². The topological polar surface area (TPSA) is 100 Å². The van der Waals surface area contributed by atoms with Gasteiger partial charge in [0.05, 0.1) is 11.4 Å². The van der Waals surface area contributed by atoms with E-state index in [0.29, 0.717) is 32.0 Å². The second-order valence-electron chi connectivity index (χ2n) is 9.41. The number of carbonyl (C=O) groups excluding carboxylic acids is 3. The van der Waals surface area contributed by atoms with Crippen LogP contribution in [0.4, 0.5) is 10.8 Å². The van der Waals surface area contributed by atoms with Gasteiger partial charge in [-0.1, -0.05) is 81.6 Å². The summed E-state index contributed by atoms with van der Waals surface area (Å²) in [5, 5.41) is 11.5. The van der Waals surface area contributed by atoms with E-state index in [4.69, 9.17) is 23.2 Å². The Morgan fingerprint density at radius 1 is 0.889 bits per heavy atom. The Hall–Kier alpha value is -3.93. The van der Waals surface area contributed by atoms with Crippen LogP contribution in [0.25, 0.3) is 17.3 Å². The lowest BCUT2D eigenvalue weighted by Crippen LogP contribution is -2.30. The molecule has 0 aliphatic rings. The van der Waals surface area contributed by atoms with Crippen LogP contribution in [0.5, 0.6) is 0 Å². The molecule has 0 saturated heterocycles. The van der Waals surface area contributed by atoms with Gasteiger partial charge in [0.2, 0.25) is 5.91 Å². The fraction of sp³-hybridized carbons (Fsp3) is 0.0303. The molecule has 4 aromatic carbocycles. The molecule has 0 aliphatic carbocycles. The van der Waals surface area contributed by atoms with Crippen LogP contribution in [0.15, 0.2) is 118 Å². The summed E-state index contributed by atoms with van der Waals surface area (Å²) in [6.45, 7) is 0. The maximum atomic E-state index is 13.4. The van der Waals surface area contributed by atoms with Gasteiger partial charge in [0.15, 0.2) is 5.13 Å². The smallest absolute Gasteiger partial charge is 0.272 e. The fourth-order valence-electron chi connectivity index (χ4n) is 3.97. The van der Waals surface area contributed by atoms with E-state index in [9.17, 15) is 14.4 Å². The van der Waals surface area contributed by atoms with Crippen molar-refractivity contribution in [2.45, 2.75) is 4.90 Å². The molecule has 3 N–H and O–H groups in total. The van der Waals surface area contributed by atoms with Gasteiger partial charge in [0.25, 0.3) is 11.8 Å². The van der Waals surface area contributed by atoms with E-state index in [-0.39, 0.29) is 17.4 Å². The summed E-state index contributed by atoms with van der Waals surface area (Å²) in [6, 6.07) is 28.2. The third-order valence-corrected chi connectivity index (χ3v) is 8.99. The van der Waals surface area contributed by atoms with Gasteiger partial charge < -0.3 is 16.0 Å². The molecule has 45 heavy (non-hydrogen) atoms. The van der Waals surface area contributed by atoms with E-state index < -0.39 is 11.8 Å². The third kappa shape index (κ3) is 9.29. The minimum absolute atomic E-state index is 0.0172. The summed E-state index contributed by atoms with van der Waals surface area (Å²) >= 11 is 18.5. The molecule has 1 heterocycles.